The first-order valence-corrected chi connectivity index (χ1v) is 8.79. The van der Waals surface area contributed by atoms with Crippen LogP contribution in [0.1, 0.15) is 23.8 Å². The van der Waals surface area contributed by atoms with E-state index in [9.17, 15) is 4.79 Å². The maximum Gasteiger partial charge on any atom is 0.270 e. The molecule has 0 saturated heterocycles. The molecule has 2 aromatic carbocycles. The minimum atomic E-state index is -0.163. The molecule has 1 N–H and O–H groups in total. The van der Waals surface area contributed by atoms with Gasteiger partial charge in [0.15, 0.2) is 0 Å². The number of halogens is 1. The van der Waals surface area contributed by atoms with E-state index in [4.69, 9.17) is 16.3 Å². The Bertz CT molecular complexity index is 904. The van der Waals surface area contributed by atoms with Crippen molar-refractivity contribution in [3.05, 3.63) is 65.3 Å². The number of amides is 1. The summed E-state index contributed by atoms with van der Waals surface area (Å²) >= 11 is 5.98. The second-order valence-electron chi connectivity index (χ2n) is 5.79. The summed E-state index contributed by atoms with van der Waals surface area (Å²) in [6, 6.07) is 16.6. The molecule has 6 heteroatoms. The fraction of sp³-hybridized carbons (Fsp3) is 0.200. The maximum atomic E-state index is 12.6. The van der Waals surface area contributed by atoms with E-state index in [1.807, 2.05) is 43.3 Å². The maximum absolute atomic E-state index is 12.6. The first kappa shape index (κ1) is 18.0. The lowest BCUT2D eigenvalue weighted by atomic mass is 10.1. The Morgan fingerprint density at radius 3 is 2.65 bits per heavy atom. The van der Waals surface area contributed by atoms with Gasteiger partial charge in [-0.3, -0.25) is 4.79 Å². The Labute approximate surface area is 157 Å². The highest BCUT2D eigenvalue weighted by atomic mass is 35.5. The third-order valence-electron chi connectivity index (χ3n) is 3.91. The average molecular weight is 370 g/mol. The third kappa shape index (κ3) is 3.89. The van der Waals surface area contributed by atoms with Gasteiger partial charge in [0.1, 0.15) is 11.4 Å². The van der Waals surface area contributed by atoms with Crippen LogP contribution in [0.3, 0.4) is 0 Å². The number of ether oxygens (including phenoxy) is 1. The second-order valence-corrected chi connectivity index (χ2v) is 6.23. The molecule has 3 rings (SSSR count). The van der Waals surface area contributed by atoms with Crippen LogP contribution >= 0.6 is 11.6 Å². The smallest absolute Gasteiger partial charge is 0.270 e. The van der Waals surface area contributed by atoms with Crippen molar-refractivity contribution in [2.45, 2.75) is 13.3 Å². The van der Waals surface area contributed by atoms with Crippen LogP contribution in [-0.4, -0.2) is 29.3 Å². The van der Waals surface area contributed by atoms with Crippen molar-refractivity contribution in [2.24, 2.45) is 0 Å². The van der Waals surface area contributed by atoms with Crippen LogP contribution in [0.4, 0.5) is 0 Å². The Kier molecular flexibility index (Phi) is 5.58. The molecule has 0 unspecified atom stereocenters. The van der Waals surface area contributed by atoms with Crippen LogP contribution in [0.2, 0.25) is 5.02 Å². The van der Waals surface area contributed by atoms with Gasteiger partial charge in [-0.2, -0.15) is 5.10 Å². The molecule has 0 aliphatic heterocycles. The predicted molar refractivity (Wildman–Crippen MR) is 103 cm³/mol. The molecule has 0 aliphatic rings. The van der Waals surface area contributed by atoms with Crippen LogP contribution in [-0.2, 0) is 0 Å². The van der Waals surface area contributed by atoms with E-state index in [1.54, 1.807) is 30.0 Å². The SMILES string of the molecule is CCCNC(=O)c1cc(-c2cccc(OC)c2)nn1-c1ccc(Cl)cc1. The van der Waals surface area contributed by atoms with Crippen LogP contribution in [0.25, 0.3) is 16.9 Å². The molecule has 26 heavy (non-hydrogen) atoms. The summed E-state index contributed by atoms with van der Waals surface area (Å²) in [5.74, 6) is 0.573. The van der Waals surface area contributed by atoms with E-state index in [0.717, 1.165) is 23.4 Å². The second kappa shape index (κ2) is 8.06. The molecule has 5 nitrogen and oxygen atoms in total. The highest BCUT2D eigenvalue weighted by Gasteiger charge is 2.17. The topological polar surface area (TPSA) is 56.1 Å². The van der Waals surface area contributed by atoms with Gasteiger partial charge in [-0.25, -0.2) is 4.68 Å². The quantitative estimate of drug-likeness (QED) is 0.703. The molecule has 1 heterocycles. The number of hydrogen-bond acceptors (Lipinski definition) is 3. The Hall–Kier alpha value is -2.79. The Balaban J connectivity index is 2.07. The number of benzene rings is 2. The number of carbonyl (C=O) groups is 1. The van der Waals surface area contributed by atoms with Gasteiger partial charge >= 0.3 is 0 Å². The summed E-state index contributed by atoms with van der Waals surface area (Å²) in [5.41, 5.74) is 2.81. The van der Waals surface area contributed by atoms with Crippen molar-refractivity contribution in [3.63, 3.8) is 0 Å². The van der Waals surface area contributed by atoms with Gasteiger partial charge in [0.2, 0.25) is 0 Å². The average Bonchev–Trinajstić information content (AvgIpc) is 3.12. The molecule has 3 aromatic rings. The number of carbonyl (C=O) groups excluding carboxylic acids is 1. The monoisotopic (exact) mass is 369 g/mol. The normalized spacial score (nSPS) is 10.6. The van der Waals surface area contributed by atoms with Crippen molar-refractivity contribution >= 4 is 17.5 Å². The van der Waals surface area contributed by atoms with Crippen LogP contribution in [0.5, 0.6) is 5.75 Å². The van der Waals surface area contributed by atoms with Gasteiger partial charge in [-0.1, -0.05) is 30.7 Å². The van der Waals surface area contributed by atoms with E-state index in [-0.39, 0.29) is 5.91 Å². The van der Waals surface area contributed by atoms with Gasteiger partial charge in [-0.05, 0) is 48.9 Å². The van der Waals surface area contributed by atoms with E-state index in [1.165, 1.54) is 0 Å². The minimum Gasteiger partial charge on any atom is -0.497 e. The lowest BCUT2D eigenvalue weighted by Gasteiger charge is -2.07. The number of nitrogens with one attached hydrogen (secondary N) is 1. The molecule has 0 atom stereocenters. The lowest BCUT2D eigenvalue weighted by Crippen LogP contribution is -2.26. The van der Waals surface area contributed by atoms with E-state index in [2.05, 4.69) is 10.4 Å². The van der Waals surface area contributed by atoms with Crippen molar-refractivity contribution in [1.82, 2.24) is 15.1 Å². The van der Waals surface area contributed by atoms with Gasteiger partial charge in [-0.15, -0.1) is 0 Å². The zero-order chi connectivity index (χ0) is 18.5. The highest BCUT2D eigenvalue weighted by Crippen LogP contribution is 2.25. The molecule has 1 aromatic heterocycles. The number of hydrogen-bond donors (Lipinski definition) is 1. The highest BCUT2D eigenvalue weighted by molar-refractivity contribution is 6.30. The van der Waals surface area contributed by atoms with Crippen LogP contribution in [0.15, 0.2) is 54.6 Å². The zero-order valence-corrected chi connectivity index (χ0v) is 15.5. The number of nitrogens with zero attached hydrogens (tertiary/aromatic N) is 2. The summed E-state index contributed by atoms with van der Waals surface area (Å²) < 4.78 is 6.92. The Morgan fingerprint density at radius 1 is 1.19 bits per heavy atom. The number of methoxy groups -OCH3 is 1. The van der Waals surface area contributed by atoms with Gasteiger partial charge in [0.05, 0.1) is 18.5 Å². The molecule has 1 amide bonds. The van der Waals surface area contributed by atoms with E-state index in [0.29, 0.717) is 23.0 Å². The molecular formula is C20H20ClN3O2. The van der Waals surface area contributed by atoms with Crippen molar-refractivity contribution in [1.29, 1.82) is 0 Å². The predicted octanol–water partition coefficient (Wildman–Crippen LogP) is 4.34. The molecule has 0 bridgehead atoms. The largest absolute Gasteiger partial charge is 0.497 e. The van der Waals surface area contributed by atoms with Gasteiger partial charge < -0.3 is 10.1 Å². The summed E-state index contributed by atoms with van der Waals surface area (Å²) in [5, 5.41) is 8.18. The van der Waals surface area contributed by atoms with Crippen molar-refractivity contribution in [2.75, 3.05) is 13.7 Å². The summed E-state index contributed by atoms with van der Waals surface area (Å²) in [6.45, 7) is 2.62. The standard InChI is InChI=1S/C20H20ClN3O2/c1-3-11-22-20(25)19-13-18(14-5-4-6-17(12-14)26-2)23-24(19)16-9-7-15(21)8-10-16/h4-10,12-13H,3,11H2,1-2H3,(H,22,25). The lowest BCUT2D eigenvalue weighted by molar-refractivity contribution is 0.0946. The first-order valence-electron chi connectivity index (χ1n) is 8.41. The first-order chi connectivity index (χ1) is 12.6. The third-order valence-corrected chi connectivity index (χ3v) is 4.17. The molecule has 0 aliphatic carbocycles. The molecule has 0 spiro atoms. The number of aromatic nitrogens is 2. The van der Waals surface area contributed by atoms with Crippen molar-refractivity contribution < 1.29 is 9.53 Å². The molecular weight excluding hydrogens is 350 g/mol. The zero-order valence-electron chi connectivity index (χ0n) is 14.7. The van der Waals surface area contributed by atoms with Gasteiger partial charge in [0, 0.05) is 17.1 Å². The number of rotatable bonds is 6. The minimum absolute atomic E-state index is 0.163. The van der Waals surface area contributed by atoms with Gasteiger partial charge in [0.25, 0.3) is 5.91 Å². The van der Waals surface area contributed by atoms with Crippen molar-refractivity contribution in [3.8, 4) is 22.7 Å². The van der Waals surface area contributed by atoms with E-state index >= 15 is 0 Å². The van der Waals surface area contributed by atoms with Crippen LogP contribution in [0, 0.1) is 0 Å². The fourth-order valence-electron chi connectivity index (χ4n) is 2.57. The fourth-order valence-corrected chi connectivity index (χ4v) is 2.70. The van der Waals surface area contributed by atoms with E-state index < -0.39 is 0 Å². The molecule has 0 radical (unpaired) electrons. The molecule has 0 fully saturated rings. The Morgan fingerprint density at radius 2 is 1.96 bits per heavy atom. The summed E-state index contributed by atoms with van der Waals surface area (Å²) in [6.07, 6.45) is 0.865. The molecule has 134 valence electrons. The summed E-state index contributed by atoms with van der Waals surface area (Å²) in [4.78, 5) is 12.6. The molecule has 0 saturated carbocycles. The summed E-state index contributed by atoms with van der Waals surface area (Å²) in [7, 11) is 1.62. The van der Waals surface area contributed by atoms with Crippen LogP contribution < -0.4 is 10.1 Å².